The number of ether oxygens (including phenoxy) is 1. The topological polar surface area (TPSA) is 86.9 Å². The Balaban J connectivity index is 1.58. The average molecular weight is 438 g/mol. The first kappa shape index (κ1) is 20.5. The molecule has 0 radical (unpaired) electrons. The fourth-order valence-corrected chi connectivity index (χ4v) is 3.97. The number of H-pyrrole nitrogens is 2. The fraction of sp³-hybridized carbons (Fsp3) is 0.115. The van der Waals surface area contributed by atoms with Crippen LogP contribution in [0.2, 0.25) is 0 Å². The third kappa shape index (κ3) is 3.85. The van der Waals surface area contributed by atoms with Gasteiger partial charge in [0.05, 0.1) is 29.5 Å². The first-order chi connectivity index (χ1) is 16.2. The van der Waals surface area contributed by atoms with E-state index < -0.39 is 0 Å². The van der Waals surface area contributed by atoms with Gasteiger partial charge in [-0.15, -0.1) is 0 Å². The quantitative estimate of drug-likeness (QED) is 0.358. The predicted molar refractivity (Wildman–Crippen MR) is 130 cm³/mol. The van der Waals surface area contributed by atoms with Gasteiger partial charge in [-0.2, -0.15) is 0 Å². The number of pyridine rings is 2. The molecule has 33 heavy (non-hydrogen) atoms. The highest BCUT2D eigenvalue weighted by atomic mass is 16.5. The molecule has 4 heterocycles. The number of hydrogen-bond donors (Lipinski definition) is 2. The Bertz CT molecular complexity index is 1470. The zero-order valence-corrected chi connectivity index (χ0v) is 18.2. The lowest BCUT2D eigenvalue weighted by atomic mass is 9.99. The summed E-state index contributed by atoms with van der Waals surface area (Å²) in [5.41, 5.74) is 6.71. The average Bonchev–Trinajstić information content (AvgIpc) is 3.47. The van der Waals surface area contributed by atoms with E-state index in [0.717, 1.165) is 44.3 Å². The summed E-state index contributed by atoms with van der Waals surface area (Å²) in [6.07, 6.45) is 8.47. The zero-order valence-electron chi connectivity index (χ0n) is 18.2. The van der Waals surface area contributed by atoms with Crippen molar-refractivity contribution in [2.24, 2.45) is 0 Å². The number of rotatable bonds is 7. The van der Waals surface area contributed by atoms with Gasteiger partial charge in [0.2, 0.25) is 5.91 Å². The molecule has 7 heteroatoms. The Morgan fingerprint density at radius 3 is 2.97 bits per heavy atom. The highest BCUT2D eigenvalue weighted by Crippen LogP contribution is 2.41. The number of amides is 1. The lowest BCUT2D eigenvalue weighted by Crippen LogP contribution is -2.29. The van der Waals surface area contributed by atoms with E-state index in [1.807, 2.05) is 24.4 Å². The highest BCUT2D eigenvalue weighted by Gasteiger charge is 2.19. The van der Waals surface area contributed by atoms with Gasteiger partial charge in [-0.25, -0.2) is 0 Å². The Labute approximate surface area is 190 Å². The Hall–Kier alpha value is -4.39. The Morgan fingerprint density at radius 2 is 2.09 bits per heavy atom. The van der Waals surface area contributed by atoms with E-state index in [9.17, 15) is 4.79 Å². The number of carbonyl (C=O) groups is 1. The number of hydrogen-bond acceptors (Lipinski definition) is 4. The molecule has 0 aliphatic rings. The minimum absolute atomic E-state index is 0.145. The van der Waals surface area contributed by atoms with Gasteiger partial charge in [0.1, 0.15) is 12.4 Å². The van der Waals surface area contributed by atoms with E-state index >= 15 is 0 Å². The summed E-state index contributed by atoms with van der Waals surface area (Å²) < 4.78 is 6.06. The van der Waals surface area contributed by atoms with E-state index in [0.29, 0.717) is 18.9 Å². The molecule has 1 amide bonds. The van der Waals surface area contributed by atoms with Crippen molar-refractivity contribution in [1.82, 2.24) is 24.8 Å². The summed E-state index contributed by atoms with van der Waals surface area (Å²) in [7, 11) is 1.72. The van der Waals surface area contributed by atoms with Crippen molar-refractivity contribution in [3.05, 3.63) is 79.9 Å². The van der Waals surface area contributed by atoms with Gasteiger partial charge >= 0.3 is 0 Å². The second-order valence-corrected chi connectivity index (χ2v) is 7.74. The van der Waals surface area contributed by atoms with E-state index in [2.05, 4.69) is 50.8 Å². The number of nitrogens with zero attached hydrogens (tertiary/aromatic N) is 3. The maximum Gasteiger partial charge on any atom is 0.245 e. The van der Waals surface area contributed by atoms with Gasteiger partial charge in [-0.05, 0) is 47.4 Å². The van der Waals surface area contributed by atoms with E-state index in [4.69, 9.17) is 4.74 Å². The van der Waals surface area contributed by atoms with E-state index in [1.165, 1.54) is 6.08 Å². The van der Waals surface area contributed by atoms with Crippen molar-refractivity contribution in [2.45, 2.75) is 0 Å². The first-order valence-electron chi connectivity index (χ1n) is 10.6. The number of likely N-dealkylation sites (N-methyl/N-ethyl adjacent to an activating group) is 1. The summed E-state index contributed by atoms with van der Waals surface area (Å²) in [6, 6.07) is 14.2. The molecule has 1 aromatic carbocycles. The normalized spacial score (nSPS) is 11.1. The van der Waals surface area contributed by atoms with Crippen LogP contribution >= 0.6 is 0 Å². The van der Waals surface area contributed by atoms with E-state index in [1.54, 1.807) is 30.5 Å². The molecule has 0 aliphatic carbocycles. The molecule has 0 saturated heterocycles. The summed E-state index contributed by atoms with van der Waals surface area (Å²) in [5, 5.41) is 1.15. The van der Waals surface area contributed by atoms with Crippen molar-refractivity contribution < 1.29 is 9.53 Å². The van der Waals surface area contributed by atoms with Gasteiger partial charge < -0.3 is 19.6 Å². The van der Waals surface area contributed by atoms with Crippen LogP contribution in [0.1, 0.15) is 0 Å². The summed E-state index contributed by atoms with van der Waals surface area (Å²) >= 11 is 0. The highest BCUT2D eigenvalue weighted by molar-refractivity contribution is 6.03. The standard InChI is InChI=1S/C26H23N5O2/c1-3-23(32)31(2)13-14-33-22-16-27-11-9-19(22)25-24(26-20(30-25)5-4-10-29-26)18-7-6-17-8-12-28-21(17)15-18/h3-12,15-16,28,30H,1,13-14H2,2H3. The molecule has 0 unspecified atom stereocenters. The number of nitrogens with one attached hydrogen (secondary N) is 2. The second-order valence-electron chi connectivity index (χ2n) is 7.74. The first-order valence-corrected chi connectivity index (χ1v) is 10.6. The van der Waals surface area contributed by atoms with Gasteiger partial charge in [0.25, 0.3) is 0 Å². The molecule has 2 N–H and O–H groups in total. The van der Waals surface area contributed by atoms with Crippen molar-refractivity contribution in [2.75, 3.05) is 20.2 Å². The monoisotopic (exact) mass is 437 g/mol. The van der Waals surface area contributed by atoms with Gasteiger partial charge in [-0.3, -0.25) is 14.8 Å². The number of benzene rings is 1. The van der Waals surface area contributed by atoms with Gasteiger partial charge in [-0.1, -0.05) is 18.7 Å². The lowest BCUT2D eigenvalue weighted by Gasteiger charge is -2.16. The molecular weight excluding hydrogens is 414 g/mol. The number of aromatic nitrogens is 4. The van der Waals surface area contributed by atoms with Crippen molar-refractivity contribution in [3.8, 4) is 28.1 Å². The smallest absolute Gasteiger partial charge is 0.245 e. The Kier molecular flexibility index (Phi) is 5.36. The minimum atomic E-state index is -0.145. The van der Waals surface area contributed by atoms with Crippen LogP contribution in [-0.2, 0) is 4.79 Å². The molecule has 0 spiro atoms. The summed E-state index contributed by atoms with van der Waals surface area (Å²) in [5.74, 6) is 0.486. The molecular formula is C26H23N5O2. The lowest BCUT2D eigenvalue weighted by molar-refractivity contribution is -0.125. The molecule has 164 valence electrons. The maximum atomic E-state index is 11.7. The molecule has 0 bridgehead atoms. The number of carbonyl (C=O) groups excluding carboxylic acids is 1. The second kappa shape index (κ2) is 8.63. The molecule has 5 aromatic rings. The van der Waals surface area contributed by atoms with Crippen LogP contribution < -0.4 is 4.74 Å². The summed E-state index contributed by atoms with van der Waals surface area (Å²) in [4.78, 5) is 29.0. The molecule has 0 aliphatic heterocycles. The zero-order chi connectivity index (χ0) is 22.8. The van der Waals surface area contributed by atoms with Crippen molar-refractivity contribution >= 4 is 27.8 Å². The molecule has 5 rings (SSSR count). The van der Waals surface area contributed by atoms with Crippen LogP contribution in [0, 0.1) is 0 Å². The maximum absolute atomic E-state index is 11.7. The van der Waals surface area contributed by atoms with E-state index in [-0.39, 0.29) is 5.91 Å². The largest absolute Gasteiger partial charge is 0.489 e. The van der Waals surface area contributed by atoms with Crippen LogP contribution in [0.25, 0.3) is 44.3 Å². The van der Waals surface area contributed by atoms with Crippen LogP contribution in [0.5, 0.6) is 5.75 Å². The van der Waals surface area contributed by atoms with Crippen LogP contribution in [0.3, 0.4) is 0 Å². The minimum Gasteiger partial charge on any atom is -0.489 e. The summed E-state index contributed by atoms with van der Waals surface area (Å²) in [6.45, 7) is 4.29. The predicted octanol–water partition coefficient (Wildman–Crippen LogP) is 4.80. The number of fused-ring (bicyclic) bond motifs is 2. The molecule has 0 fully saturated rings. The van der Waals surface area contributed by atoms with Gasteiger partial charge in [0, 0.05) is 42.3 Å². The number of aromatic amines is 2. The molecule has 7 nitrogen and oxygen atoms in total. The van der Waals surface area contributed by atoms with Crippen molar-refractivity contribution in [3.63, 3.8) is 0 Å². The molecule has 4 aromatic heterocycles. The molecule has 0 saturated carbocycles. The fourth-order valence-electron chi connectivity index (χ4n) is 3.97. The third-order valence-electron chi connectivity index (χ3n) is 5.69. The van der Waals surface area contributed by atoms with Crippen LogP contribution in [0.4, 0.5) is 0 Å². The van der Waals surface area contributed by atoms with Crippen LogP contribution in [0.15, 0.2) is 79.9 Å². The third-order valence-corrected chi connectivity index (χ3v) is 5.69. The van der Waals surface area contributed by atoms with Crippen LogP contribution in [-0.4, -0.2) is 50.9 Å². The van der Waals surface area contributed by atoms with Gasteiger partial charge in [0.15, 0.2) is 0 Å². The SMILES string of the molecule is C=CC(=O)N(C)CCOc1cnccc1-c1[nH]c2cccnc2c1-c1ccc2cc[nH]c2c1. The molecule has 0 atom stereocenters. The van der Waals surface area contributed by atoms with Crippen molar-refractivity contribution in [1.29, 1.82) is 0 Å². The Morgan fingerprint density at radius 1 is 1.18 bits per heavy atom.